The zero-order chi connectivity index (χ0) is 11.4. The fraction of sp³-hybridized carbons (Fsp3) is 0.538. The Morgan fingerprint density at radius 2 is 2.12 bits per heavy atom. The maximum atomic E-state index is 9.92. The predicted molar refractivity (Wildman–Crippen MR) is 61.5 cm³/mol. The summed E-state index contributed by atoms with van der Waals surface area (Å²) in [6.07, 6.45) is 1.70. The minimum atomic E-state index is -0.389. The Kier molecular flexibility index (Phi) is 3.80. The lowest BCUT2D eigenvalue weighted by Gasteiger charge is -2.11. The first kappa shape index (κ1) is 11.4. The van der Waals surface area contributed by atoms with Gasteiger partial charge in [-0.15, -0.1) is 0 Å². The molecule has 3 heteroatoms. The van der Waals surface area contributed by atoms with Gasteiger partial charge < -0.3 is 14.6 Å². The lowest BCUT2D eigenvalue weighted by molar-refractivity contribution is 0.160. The molecule has 0 aliphatic carbocycles. The molecule has 0 aromatic heterocycles. The van der Waals surface area contributed by atoms with Crippen LogP contribution in [-0.4, -0.2) is 24.4 Å². The van der Waals surface area contributed by atoms with Crippen LogP contribution in [-0.2, 0) is 4.74 Å². The topological polar surface area (TPSA) is 42.0 Å². The van der Waals surface area contributed by atoms with Crippen LogP contribution in [0.4, 0.5) is 0 Å². The number of aliphatic hydroxyl groups is 1. The fourth-order valence-electron chi connectivity index (χ4n) is 1.70. The molecule has 2 unspecified atom stereocenters. The van der Waals surface area contributed by atoms with E-state index in [1.165, 1.54) is 0 Å². The third kappa shape index (κ3) is 3.22. The van der Waals surface area contributed by atoms with Gasteiger partial charge in [0.25, 0.3) is 0 Å². The van der Waals surface area contributed by atoms with E-state index in [9.17, 15) is 5.11 Å². The minimum absolute atomic E-state index is 0.386. The summed E-state index contributed by atoms with van der Waals surface area (Å²) in [6.45, 7) is 3.48. The van der Waals surface area contributed by atoms with Crippen molar-refractivity contribution in [3.8, 4) is 5.75 Å². The molecule has 1 aliphatic rings. The zero-order valence-electron chi connectivity index (χ0n) is 9.56. The van der Waals surface area contributed by atoms with Crippen molar-refractivity contribution >= 4 is 0 Å². The molecule has 2 atom stereocenters. The van der Waals surface area contributed by atoms with Gasteiger partial charge in [-0.1, -0.05) is 12.1 Å². The van der Waals surface area contributed by atoms with Crippen molar-refractivity contribution in [1.29, 1.82) is 0 Å². The van der Waals surface area contributed by atoms with Crippen LogP contribution in [0.5, 0.6) is 5.75 Å². The van der Waals surface area contributed by atoms with Crippen LogP contribution in [0.15, 0.2) is 24.3 Å². The molecule has 16 heavy (non-hydrogen) atoms. The highest BCUT2D eigenvalue weighted by Crippen LogP contribution is 2.25. The van der Waals surface area contributed by atoms with Gasteiger partial charge in [-0.2, -0.15) is 0 Å². The molecular weight excluding hydrogens is 204 g/mol. The maximum absolute atomic E-state index is 9.92. The van der Waals surface area contributed by atoms with Gasteiger partial charge in [-0.3, -0.25) is 0 Å². The number of rotatable bonds is 6. The Morgan fingerprint density at radius 1 is 1.44 bits per heavy atom. The Hall–Kier alpha value is -1.06. The molecule has 2 rings (SSSR count). The quantitative estimate of drug-likeness (QED) is 0.751. The second-order valence-corrected chi connectivity index (χ2v) is 4.05. The first-order valence-electron chi connectivity index (χ1n) is 5.82. The Bertz CT molecular complexity index is 316. The molecule has 1 saturated heterocycles. The lowest BCUT2D eigenvalue weighted by Crippen LogP contribution is -2.00. The van der Waals surface area contributed by atoms with Crippen molar-refractivity contribution in [2.24, 2.45) is 0 Å². The van der Waals surface area contributed by atoms with Crippen LogP contribution in [0.2, 0.25) is 0 Å². The Balaban J connectivity index is 1.86. The molecule has 0 spiro atoms. The molecule has 0 bridgehead atoms. The summed E-state index contributed by atoms with van der Waals surface area (Å²) < 4.78 is 10.5. The normalized spacial score (nSPS) is 20.5. The number of benzene rings is 1. The molecule has 1 fully saturated rings. The average Bonchev–Trinajstić information content (AvgIpc) is 3.11. The van der Waals surface area contributed by atoms with Gasteiger partial charge in [-0.05, 0) is 37.5 Å². The molecule has 1 aliphatic heterocycles. The summed E-state index contributed by atoms with van der Waals surface area (Å²) in [7, 11) is 0. The number of hydrogen-bond donors (Lipinski definition) is 1. The summed E-state index contributed by atoms with van der Waals surface area (Å²) in [5.41, 5.74) is 0.948. The van der Waals surface area contributed by atoms with Crippen LogP contribution in [0.1, 0.15) is 31.4 Å². The van der Waals surface area contributed by atoms with Gasteiger partial charge >= 0.3 is 0 Å². The van der Waals surface area contributed by atoms with E-state index < -0.39 is 0 Å². The van der Waals surface area contributed by atoms with E-state index in [1.807, 2.05) is 31.2 Å². The lowest BCUT2D eigenvalue weighted by atomic mass is 10.0. The van der Waals surface area contributed by atoms with Crippen molar-refractivity contribution < 1.29 is 14.6 Å². The van der Waals surface area contributed by atoms with Gasteiger partial charge in [-0.25, -0.2) is 0 Å². The molecule has 3 nitrogen and oxygen atoms in total. The van der Waals surface area contributed by atoms with Crippen molar-refractivity contribution in [1.82, 2.24) is 0 Å². The third-order valence-electron chi connectivity index (χ3n) is 2.74. The number of ether oxygens (including phenoxy) is 2. The van der Waals surface area contributed by atoms with E-state index >= 15 is 0 Å². The van der Waals surface area contributed by atoms with Gasteiger partial charge in [0.2, 0.25) is 0 Å². The second-order valence-electron chi connectivity index (χ2n) is 4.05. The van der Waals surface area contributed by atoms with Crippen molar-refractivity contribution in [3.63, 3.8) is 0 Å². The van der Waals surface area contributed by atoms with Gasteiger partial charge in [0.15, 0.2) is 0 Å². The molecular formula is C13H18O3. The van der Waals surface area contributed by atoms with E-state index in [0.717, 1.165) is 30.8 Å². The Morgan fingerprint density at radius 3 is 2.69 bits per heavy atom. The second kappa shape index (κ2) is 5.32. The van der Waals surface area contributed by atoms with E-state index in [4.69, 9.17) is 9.47 Å². The summed E-state index contributed by atoms with van der Waals surface area (Å²) in [4.78, 5) is 0. The molecule has 1 heterocycles. The average molecular weight is 222 g/mol. The van der Waals surface area contributed by atoms with Crippen LogP contribution in [0, 0.1) is 0 Å². The molecule has 1 aromatic carbocycles. The highest BCUT2D eigenvalue weighted by Gasteiger charge is 2.23. The van der Waals surface area contributed by atoms with E-state index in [1.54, 1.807) is 0 Å². The summed E-state index contributed by atoms with van der Waals surface area (Å²) >= 11 is 0. The smallest absolute Gasteiger partial charge is 0.119 e. The first-order valence-corrected chi connectivity index (χ1v) is 5.82. The van der Waals surface area contributed by atoms with Crippen LogP contribution in [0.25, 0.3) is 0 Å². The number of hydrogen-bond acceptors (Lipinski definition) is 3. The SMILES string of the molecule is CCOc1ccc(C(O)CCC2CO2)cc1. The zero-order valence-corrected chi connectivity index (χ0v) is 9.56. The monoisotopic (exact) mass is 222 g/mol. The van der Waals surface area contributed by atoms with E-state index in [2.05, 4.69) is 0 Å². The van der Waals surface area contributed by atoms with Crippen LogP contribution < -0.4 is 4.74 Å². The molecule has 0 saturated carbocycles. The van der Waals surface area contributed by atoms with E-state index in [0.29, 0.717) is 12.7 Å². The van der Waals surface area contributed by atoms with Crippen molar-refractivity contribution in [2.45, 2.75) is 32.0 Å². The van der Waals surface area contributed by atoms with Gasteiger partial charge in [0, 0.05) is 0 Å². The third-order valence-corrected chi connectivity index (χ3v) is 2.74. The standard InChI is InChI=1S/C13H18O3/c1-2-15-11-5-3-10(4-6-11)13(14)8-7-12-9-16-12/h3-6,12-14H,2,7-9H2,1H3. The van der Waals surface area contributed by atoms with Gasteiger partial charge in [0.1, 0.15) is 5.75 Å². The summed E-state index contributed by atoms with van der Waals surface area (Å²) in [5, 5.41) is 9.92. The van der Waals surface area contributed by atoms with Gasteiger partial charge in [0.05, 0.1) is 25.4 Å². The van der Waals surface area contributed by atoms with Crippen LogP contribution >= 0.6 is 0 Å². The summed E-state index contributed by atoms with van der Waals surface area (Å²) in [6, 6.07) is 7.64. The van der Waals surface area contributed by atoms with Crippen LogP contribution in [0.3, 0.4) is 0 Å². The molecule has 88 valence electrons. The van der Waals surface area contributed by atoms with Crippen molar-refractivity contribution in [3.05, 3.63) is 29.8 Å². The molecule has 0 amide bonds. The highest BCUT2D eigenvalue weighted by molar-refractivity contribution is 5.28. The van der Waals surface area contributed by atoms with E-state index in [-0.39, 0.29) is 6.10 Å². The largest absolute Gasteiger partial charge is 0.494 e. The summed E-state index contributed by atoms with van der Waals surface area (Å²) in [5.74, 6) is 0.851. The number of epoxide rings is 1. The first-order chi connectivity index (χ1) is 7.79. The number of aliphatic hydroxyl groups excluding tert-OH is 1. The Labute approximate surface area is 96.0 Å². The molecule has 1 N–H and O–H groups in total. The fourth-order valence-corrected chi connectivity index (χ4v) is 1.70. The molecule has 1 aromatic rings. The molecule has 0 radical (unpaired) electrons. The predicted octanol–water partition coefficient (Wildman–Crippen LogP) is 2.30. The maximum Gasteiger partial charge on any atom is 0.119 e. The highest BCUT2D eigenvalue weighted by atomic mass is 16.6. The van der Waals surface area contributed by atoms with Crippen molar-refractivity contribution in [2.75, 3.05) is 13.2 Å². The minimum Gasteiger partial charge on any atom is -0.494 e.